The minimum atomic E-state index is -0.523. The van der Waals surface area contributed by atoms with E-state index in [2.05, 4.69) is 31.3 Å². The molecule has 0 atom stereocenters. The number of hydrogen-bond donors (Lipinski definition) is 2. The standard InChI is InChI=1S/C21H23N7O2/c1-27-19-16(18(26-27)20(22)29)6-5-13-12-24-21(25-17(13)19)30-15-4-2-3-14(11-15)28-9-7-23-8-10-28/h2-4,11-12,23H,5-10H2,1H3,(H2,22,29). The Bertz CT molecular complexity index is 1120. The molecular formula is C21H23N7O2. The van der Waals surface area contributed by atoms with Crippen LogP contribution in [0, 0.1) is 0 Å². The van der Waals surface area contributed by atoms with Crippen LogP contribution in [0.4, 0.5) is 5.69 Å². The zero-order valence-electron chi connectivity index (χ0n) is 16.8. The molecule has 1 aliphatic carbocycles. The van der Waals surface area contributed by atoms with E-state index in [1.54, 1.807) is 17.9 Å². The minimum absolute atomic E-state index is 0.265. The number of anilines is 1. The van der Waals surface area contributed by atoms with Crippen LogP contribution in [0.5, 0.6) is 11.8 Å². The molecule has 1 amide bonds. The van der Waals surface area contributed by atoms with E-state index in [0.717, 1.165) is 60.8 Å². The van der Waals surface area contributed by atoms with Crippen molar-refractivity contribution in [2.45, 2.75) is 12.8 Å². The van der Waals surface area contributed by atoms with Gasteiger partial charge in [-0.05, 0) is 30.5 Å². The van der Waals surface area contributed by atoms with Crippen molar-refractivity contribution in [3.05, 3.63) is 47.3 Å². The second kappa shape index (κ2) is 7.42. The molecule has 5 rings (SSSR count). The third-order valence-corrected chi connectivity index (χ3v) is 5.60. The van der Waals surface area contributed by atoms with E-state index in [-0.39, 0.29) is 6.01 Å². The lowest BCUT2D eigenvalue weighted by Crippen LogP contribution is -2.43. The smallest absolute Gasteiger partial charge is 0.322 e. The summed E-state index contributed by atoms with van der Waals surface area (Å²) in [6, 6.07) is 8.23. The topological polar surface area (TPSA) is 111 Å². The van der Waals surface area contributed by atoms with Crippen molar-refractivity contribution in [1.29, 1.82) is 0 Å². The van der Waals surface area contributed by atoms with E-state index in [1.807, 2.05) is 18.2 Å². The van der Waals surface area contributed by atoms with Crippen LogP contribution in [0.1, 0.15) is 21.6 Å². The molecule has 154 valence electrons. The summed E-state index contributed by atoms with van der Waals surface area (Å²) in [5.74, 6) is 0.162. The second-order valence-electron chi connectivity index (χ2n) is 7.53. The maximum absolute atomic E-state index is 11.7. The van der Waals surface area contributed by atoms with Crippen molar-refractivity contribution in [3.63, 3.8) is 0 Å². The van der Waals surface area contributed by atoms with Gasteiger partial charge in [-0.3, -0.25) is 9.48 Å². The maximum Gasteiger partial charge on any atom is 0.322 e. The first-order chi connectivity index (χ1) is 14.6. The second-order valence-corrected chi connectivity index (χ2v) is 7.53. The van der Waals surface area contributed by atoms with Gasteiger partial charge >= 0.3 is 6.01 Å². The van der Waals surface area contributed by atoms with Crippen molar-refractivity contribution in [2.75, 3.05) is 31.1 Å². The SMILES string of the molecule is Cn1nc(C(N)=O)c2c1-c1nc(Oc3cccc(N4CCNCC4)c3)ncc1CC2. The molecule has 30 heavy (non-hydrogen) atoms. The predicted molar refractivity (Wildman–Crippen MR) is 112 cm³/mol. The van der Waals surface area contributed by atoms with Gasteiger partial charge in [0.05, 0.1) is 11.4 Å². The molecule has 1 saturated heterocycles. The van der Waals surface area contributed by atoms with E-state index in [1.165, 1.54) is 0 Å². The van der Waals surface area contributed by atoms with Crippen LogP contribution in [-0.4, -0.2) is 51.8 Å². The van der Waals surface area contributed by atoms with Crippen LogP contribution in [0.2, 0.25) is 0 Å². The number of rotatable bonds is 4. The molecule has 0 bridgehead atoms. The van der Waals surface area contributed by atoms with Gasteiger partial charge in [-0.1, -0.05) is 6.07 Å². The zero-order valence-corrected chi connectivity index (χ0v) is 16.8. The summed E-state index contributed by atoms with van der Waals surface area (Å²) in [6.45, 7) is 3.87. The number of carbonyl (C=O) groups is 1. The lowest BCUT2D eigenvalue weighted by Gasteiger charge is -2.29. The van der Waals surface area contributed by atoms with Crippen LogP contribution >= 0.6 is 0 Å². The number of ether oxygens (including phenoxy) is 1. The highest BCUT2D eigenvalue weighted by Gasteiger charge is 2.28. The number of aromatic nitrogens is 4. The molecule has 3 aromatic rings. The molecule has 9 heteroatoms. The van der Waals surface area contributed by atoms with Crippen molar-refractivity contribution in [3.8, 4) is 23.1 Å². The van der Waals surface area contributed by atoms with E-state index in [4.69, 9.17) is 10.5 Å². The molecule has 0 spiro atoms. The summed E-state index contributed by atoms with van der Waals surface area (Å²) < 4.78 is 7.66. The fourth-order valence-electron chi connectivity index (χ4n) is 4.16. The average molecular weight is 405 g/mol. The summed E-state index contributed by atoms with van der Waals surface area (Å²) in [4.78, 5) is 23.1. The van der Waals surface area contributed by atoms with Crippen LogP contribution in [-0.2, 0) is 19.9 Å². The van der Waals surface area contributed by atoms with Crippen molar-refractivity contribution in [1.82, 2.24) is 25.1 Å². The average Bonchev–Trinajstić information content (AvgIpc) is 3.12. The molecule has 2 aliphatic rings. The van der Waals surface area contributed by atoms with E-state index in [9.17, 15) is 4.79 Å². The van der Waals surface area contributed by atoms with Crippen LogP contribution in [0.15, 0.2) is 30.5 Å². The molecular weight excluding hydrogens is 382 g/mol. The van der Waals surface area contributed by atoms with E-state index >= 15 is 0 Å². The summed E-state index contributed by atoms with van der Waals surface area (Å²) >= 11 is 0. The van der Waals surface area contributed by atoms with Crippen molar-refractivity contribution >= 4 is 11.6 Å². The molecule has 0 radical (unpaired) electrons. The number of nitrogens with two attached hydrogens (primary N) is 1. The number of nitrogens with one attached hydrogen (secondary N) is 1. The highest BCUT2D eigenvalue weighted by molar-refractivity contribution is 5.94. The quantitative estimate of drug-likeness (QED) is 0.672. The van der Waals surface area contributed by atoms with Gasteiger partial charge in [-0.2, -0.15) is 10.1 Å². The highest BCUT2D eigenvalue weighted by atomic mass is 16.5. The Kier molecular flexibility index (Phi) is 4.59. The maximum atomic E-state index is 11.7. The molecule has 1 aliphatic heterocycles. The molecule has 0 unspecified atom stereocenters. The third-order valence-electron chi connectivity index (χ3n) is 5.60. The lowest BCUT2D eigenvalue weighted by molar-refractivity contribution is 0.0994. The summed E-state index contributed by atoms with van der Waals surface area (Å²) in [6.07, 6.45) is 3.20. The third kappa shape index (κ3) is 3.26. The Morgan fingerprint density at radius 1 is 1.23 bits per heavy atom. The van der Waals surface area contributed by atoms with Gasteiger partial charge in [0.2, 0.25) is 0 Å². The first-order valence-electron chi connectivity index (χ1n) is 10.1. The van der Waals surface area contributed by atoms with Gasteiger partial charge in [-0.15, -0.1) is 0 Å². The van der Waals surface area contributed by atoms with Crippen molar-refractivity contribution in [2.24, 2.45) is 12.8 Å². The minimum Gasteiger partial charge on any atom is -0.424 e. The van der Waals surface area contributed by atoms with Gasteiger partial charge < -0.3 is 20.7 Å². The van der Waals surface area contributed by atoms with E-state index < -0.39 is 5.91 Å². The Morgan fingerprint density at radius 2 is 2.07 bits per heavy atom. The highest BCUT2D eigenvalue weighted by Crippen LogP contribution is 2.35. The zero-order chi connectivity index (χ0) is 20.7. The van der Waals surface area contributed by atoms with Crippen LogP contribution in [0.25, 0.3) is 11.4 Å². The first kappa shape index (κ1) is 18.6. The monoisotopic (exact) mass is 405 g/mol. The molecule has 3 heterocycles. The molecule has 1 aromatic carbocycles. The normalized spacial score (nSPS) is 15.4. The molecule has 3 N–H and O–H groups in total. The van der Waals surface area contributed by atoms with Gasteiger partial charge in [0.25, 0.3) is 5.91 Å². The summed E-state index contributed by atoms with van der Waals surface area (Å²) in [7, 11) is 1.79. The van der Waals surface area contributed by atoms with Crippen LogP contribution < -0.4 is 20.7 Å². The molecule has 1 fully saturated rings. The fraction of sp³-hybridized carbons (Fsp3) is 0.333. The number of benzene rings is 1. The Hall–Kier alpha value is -3.46. The Labute approximate surface area is 173 Å². The first-order valence-corrected chi connectivity index (χ1v) is 10.1. The van der Waals surface area contributed by atoms with E-state index in [0.29, 0.717) is 17.9 Å². The number of aryl methyl sites for hydroxylation is 2. The Balaban J connectivity index is 1.46. The molecule has 2 aromatic heterocycles. The predicted octanol–water partition coefficient (Wildman–Crippen LogP) is 1.28. The number of nitrogens with zero attached hydrogens (tertiary/aromatic N) is 5. The molecule has 0 saturated carbocycles. The largest absolute Gasteiger partial charge is 0.424 e. The summed E-state index contributed by atoms with van der Waals surface area (Å²) in [5, 5.41) is 7.66. The Morgan fingerprint density at radius 3 is 2.87 bits per heavy atom. The number of fused-ring (bicyclic) bond motifs is 3. The number of primary amides is 1. The number of piperazine rings is 1. The van der Waals surface area contributed by atoms with Gasteiger partial charge in [0.15, 0.2) is 5.69 Å². The number of carbonyl (C=O) groups excluding carboxylic acids is 1. The van der Waals surface area contributed by atoms with Gasteiger partial charge in [-0.25, -0.2) is 4.98 Å². The van der Waals surface area contributed by atoms with Crippen LogP contribution in [0.3, 0.4) is 0 Å². The fourth-order valence-corrected chi connectivity index (χ4v) is 4.16. The van der Waals surface area contributed by atoms with Gasteiger partial charge in [0.1, 0.15) is 5.75 Å². The molecule has 9 nitrogen and oxygen atoms in total. The van der Waals surface area contributed by atoms with Gasteiger partial charge in [0, 0.05) is 56.7 Å². The summed E-state index contributed by atoms with van der Waals surface area (Å²) in [5.41, 5.74) is 10.3. The lowest BCUT2D eigenvalue weighted by atomic mass is 9.93. The number of hydrogen-bond acceptors (Lipinski definition) is 7. The number of amides is 1. The van der Waals surface area contributed by atoms with Crippen molar-refractivity contribution < 1.29 is 9.53 Å².